The van der Waals surface area contributed by atoms with Crippen molar-refractivity contribution in [2.45, 2.75) is 4.90 Å². The molecule has 1 aromatic rings. The standard InChI is InChI=1S/C7H2BrClN2O4S/c8-7-4(3-10)1-5(11(12)13)2-6(7)16(9,14)15/h1-2H. The predicted octanol–water partition coefficient (Wildman–Crippen LogP) is 2.16. The Labute approximate surface area is 103 Å². The van der Waals surface area contributed by atoms with Crippen molar-refractivity contribution in [1.29, 1.82) is 5.26 Å². The maximum Gasteiger partial charge on any atom is 0.272 e. The minimum Gasteiger partial charge on any atom is -0.258 e. The van der Waals surface area contributed by atoms with Crippen LogP contribution in [0, 0.1) is 21.4 Å². The normalized spacial score (nSPS) is 10.8. The van der Waals surface area contributed by atoms with Crippen molar-refractivity contribution in [3.63, 3.8) is 0 Å². The van der Waals surface area contributed by atoms with Crippen LogP contribution >= 0.6 is 26.6 Å². The molecule has 84 valence electrons. The summed E-state index contributed by atoms with van der Waals surface area (Å²) in [5.41, 5.74) is -0.688. The third-order valence-electron chi connectivity index (χ3n) is 1.62. The number of hydrogen-bond acceptors (Lipinski definition) is 5. The number of hydrogen-bond donors (Lipinski definition) is 0. The van der Waals surface area contributed by atoms with Crippen LogP contribution in [0.2, 0.25) is 0 Å². The minimum absolute atomic E-state index is 0.0874. The van der Waals surface area contributed by atoms with Crippen LogP contribution in [0.1, 0.15) is 5.56 Å². The van der Waals surface area contributed by atoms with Gasteiger partial charge in [0, 0.05) is 22.8 Å². The molecule has 0 unspecified atom stereocenters. The lowest BCUT2D eigenvalue weighted by Crippen LogP contribution is -1.98. The van der Waals surface area contributed by atoms with Gasteiger partial charge in [-0.3, -0.25) is 10.1 Å². The fourth-order valence-electron chi connectivity index (χ4n) is 0.947. The van der Waals surface area contributed by atoms with Crippen molar-refractivity contribution < 1.29 is 13.3 Å². The summed E-state index contributed by atoms with van der Waals surface area (Å²) in [7, 11) is 0.927. The number of benzene rings is 1. The zero-order valence-corrected chi connectivity index (χ0v) is 10.5. The Morgan fingerprint density at radius 3 is 2.44 bits per heavy atom. The maximum absolute atomic E-state index is 11.1. The number of halogens is 2. The van der Waals surface area contributed by atoms with Crippen LogP contribution in [0.15, 0.2) is 21.5 Å². The number of rotatable bonds is 2. The second-order valence-corrected chi connectivity index (χ2v) is 5.94. The van der Waals surface area contributed by atoms with Gasteiger partial charge in [-0.25, -0.2) is 8.42 Å². The average molecular weight is 326 g/mol. The van der Waals surface area contributed by atoms with E-state index in [0.717, 1.165) is 12.1 Å². The van der Waals surface area contributed by atoms with Crippen molar-refractivity contribution in [2.75, 3.05) is 0 Å². The zero-order valence-electron chi connectivity index (χ0n) is 7.35. The first-order valence-corrected chi connectivity index (χ1v) is 6.70. The van der Waals surface area contributed by atoms with E-state index in [0.29, 0.717) is 0 Å². The van der Waals surface area contributed by atoms with Gasteiger partial charge >= 0.3 is 0 Å². The van der Waals surface area contributed by atoms with Crippen LogP contribution in [0.25, 0.3) is 0 Å². The summed E-state index contributed by atoms with van der Waals surface area (Å²) in [5.74, 6) is 0. The average Bonchev–Trinajstić information content (AvgIpc) is 2.15. The highest BCUT2D eigenvalue weighted by molar-refractivity contribution is 9.10. The summed E-state index contributed by atoms with van der Waals surface area (Å²) in [6, 6.07) is 3.37. The summed E-state index contributed by atoms with van der Waals surface area (Å²) in [5, 5.41) is 19.2. The fraction of sp³-hybridized carbons (Fsp3) is 0. The van der Waals surface area contributed by atoms with Gasteiger partial charge in [0.2, 0.25) is 0 Å². The third-order valence-corrected chi connectivity index (χ3v) is 4.08. The van der Waals surface area contributed by atoms with Crippen LogP contribution in [0.3, 0.4) is 0 Å². The first kappa shape index (κ1) is 12.9. The highest BCUT2D eigenvalue weighted by atomic mass is 79.9. The van der Waals surface area contributed by atoms with Crippen LogP contribution in [0.4, 0.5) is 5.69 Å². The molecule has 0 saturated heterocycles. The molecule has 0 N–H and O–H groups in total. The molecule has 0 aliphatic heterocycles. The molecule has 0 aromatic heterocycles. The Morgan fingerprint density at radius 1 is 1.50 bits per heavy atom. The summed E-state index contributed by atoms with van der Waals surface area (Å²) in [6.45, 7) is 0. The van der Waals surface area contributed by atoms with Crippen LogP contribution in [-0.2, 0) is 9.05 Å². The van der Waals surface area contributed by atoms with E-state index in [1.165, 1.54) is 0 Å². The number of non-ortho nitro benzene ring substituents is 1. The van der Waals surface area contributed by atoms with Gasteiger partial charge in [0.1, 0.15) is 11.0 Å². The molecular weight excluding hydrogens is 324 g/mol. The molecule has 0 radical (unpaired) electrons. The van der Waals surface area contributed by atoms with E-state index in [2.05, 4.69) is 15.9 Å². The van der Waals surface area contributed by atoms with E-state index >= 15 is 0 Å². The first-order valence-electron chi connectivity index (χ1n) is 3.60. The highest BCUT2D eigenvalue weighted by Gasteiger charge is 2.22. The summed E-state index contributed by atoms with van der Waals surface area (Å²) in [6.07, 6.45) is 0. The largest absolute Gasteiger partial charge is 0.272 e. The molecule has 1 aromatic carbocycles. The van der Waals surface area contributed by atoms with Crippen molar-refractivity contribution in [2.24, 2.45) is 0 Å². The molecule has 0 fully saturated rings. The highest BCUT2D eigenvalue weighted by Crippen LogP contribution is 2.32. The molecule has 0 spiro atoms. The van der Waals surface area contributed by atoms with Gasteiger partial charge in [-0.2, -0.15) is 5.26 Å². The topological polar surface area (TPSA) is 101 Å². The molecule has 9 heteroatoms. The Balaban J connectivity index is 3.70. The molecule has 16 heavy (non-hydrogen) atoms. The van der Waals surface area contributed by atoms with Gasteiger partial charge < -0.3 is 0 Å². The van der Waals surface area contributed by atoms with Crippen LogP contribution < -0.4 is 0 Å². The lowest BCUT2D eigenvalue weighted by molar-refractivity contribution is -0.385. The lowest BCUT2D eigenvalue weighted by atomic mass is 10.2. The summed E-state index contributed by atoms with van der Waals surface area (Å²) >= 11 is 2.85. The van der Waals surface area contributed by atoms with Crippen LogP contribution in [-0.4, -0.2) is 13.3 Å². The number of nitrogens with zero attached hydrogens (tertiary/aromatic N) is 2. The Kier molecular flexibility index (Phi) is 3.52. The van der Waals surface area contributed by atoms with E-state index in [4.69, 9.17) is 15.9 Å². The van der Waals surface area contributed by atoms with E-state index < -0.39 is 24.6 Å². The van der Waals surface area contributed by atoms with Gasteiger partial charge in [-0.1, -0.05) is 0 Å². The predicted molar refractivity (Wildman–Crippen MR) is 58.6 cm³/mol. The quantitative estimate of drug-likeness (QED) is 0.471. The molecule has 0 saturated carbocycles. The van der Waals surface area contributed by atoms with Gasteiger partial charge in [0.05, 0.1) is 15.0 Å². The number of nitriles is 1. The maximum atomic E-state index is 11.1. The second kappa shape index (κ2) is 4.37. The second-order valence-electron chi connectivity index (χ2n) is 2.61. The smallest absolute Gasteiger partial charge is 0.258 e. The lowest BCUT2D eigenvalue weighted by Gasteiger charge is -2.02. The van der Waals surface area contributed by atoms with Crippen molar-refractivity contribution in [3.05, 3.63) is 32.3 Å². The van der Waals surface area contributed by atoms with Gasteiger partial charge in [0.15, 0.2) is 0 Å². The molecule has 0 heterocycles. The fourth-order valence-corrected chi connectivity index (χ4v) is 3.13. The van der Waals surface area contributed by atoms with E-state index in [1.807, 2.05) is 0 Å². The van der Waals surface area contributed by atoms with Gasteiger partial charge in [0.25, 0.3) is 14.7 Å². The molecule has 0 bridgehead atoms. The molecule has 0 amide bonds. The third kappa shape index (κ3) is 2.49. The monoisotopic (exact) mass is 324 g/mol. The zero-order chi connectivity index (χ0) is 12.5. The Morgan fingerprint density at radius 2 is 2.06 bits per heavy atom. The Hall–Kier alpha value is -1.17. The van der Waals surface area contributed by atoms with Crippen LogP contribution in [0.5, 0.6) is 0 Å². The van der Waals surface area contributed by atoms with E-state index in [1.54, 1.807) is 6.07 Å². The summed E-state index contributed by atoms with van der Waals surface area (Å²) < 4.78 is 22.1. The summed E-state index contributed by atoms with van der Waals surface area (Å²) in [4.78, 5) is 9.20. The molecule has 0 aliphatic carbocycles. The van der Waals surface area contributed by atoms with Gasteiger partial charge in [-0.15, -0.1) is 0 Å². The van der Waals surface area contributed by atoms with Crippen molar-refractivity contribution in [1.82, 2.24) is 0 Å². The molecule has 1 rings (SSSR count). The van der Waals surface area contributed by atoms with Gasteiger partial charge in [-0.05, 0) is 15.9 Å². The minimum atomic E-state index is -4.15. The Bertz CT molecular complexity index is 608. The SMILES string of the molecule is N#Cc1cc([N+](=O)[O-])cc(S(=O)(=O)Cl)c1Br. The van der Waals surface area contributed by atoms with Crippen molar-refractivity contribution >= 4 is 41.4 Å². The first-order chi connectivity index (χ1) is 7.27. The van der Waals surface area contributed by atoms with E-state index in [-0.39, 0.29) is 10.0 Å². The van der Waals surface area contributed by atoms with Crippen molar-refractivity contribution in [3.8, 4) is 6.07 Å². The number of nitro benzene ring substituents is 1. The molecule has 0 atom stereocenters. The number of nitro groups is 1. The molecular formula is C7H2BrClN2O4S. The van der Waals surface area contributed by atoms with E-state index in [9.17, 15) is 18.5 Å². The molecule has 6 nitrogen and oxygen atoms in total. The molecule has 0 aliphatic rings.